The van der Waals surface area contributed by atoms with E-state index in [-0.39, 0.29) is 0 Å². The molecule has 0 radical (unpaired) electrons. The van der Waals surface area contributed by atoms with Crippen molar-refractivity contribution in [1.82, 2.24) is 14.5 Å². The highest BCUT2D eigenvalue weighted by molar-refractivity contribution is 7.26. The third-order valence-corrected chi connectivity index (χ3v) is 12.6. The summed E-state index contributed by atoms with van der Waals surface area (Å²) < 4.78 is 8.71. The van der Waals surface area contributed by atoms with E-state index in [4.69, 9.17) is 9.97 Å². The number of hydrogen-bond donors (Lipinski definition) is 0. The van der Waals surface area contributed by atoms with Crippen LogP contribution in [0, 0.1) is 0 Å². The van der Waals surface area contributed by atoms with Crippen molar-refractivity contribution in [2.24, 2.45) is 0 Å². The maximum Gasteiger partial charge on any atom is 0.236 e. The van der Waals surface area contributed by atoms with Crippen LogP contribution in [0.15, 0.2) is 127 Å². The van der Waals surface area contributed by atoms with Crippen molar-refractivity contribution < 1.29 is 0 Å². The second-order valence-electron chi connectivity index (χ2n) is 11.7. The lowest BCUT2D eigenvalue weighted by molar-refractivity contribution is 1.02. The molecule has 6 aromatic carbocycles. The summed E-state index contributed by atoms with van der Waals surface area (Å²) in [6.07, 6.45) is 0. The Morgan fingerprint density at radius 1 is 0.413 bits per heavy atom. The van der Waals surface area contributed by atoms with E-state index in [0.29, 0.717) is 5.95 Å². The molecule has 3 nitrogen and oxygen atoms in total. The van der Waals surface area contributed by atoms with Crippen LogP contribution in [0.5, 0.6) is 0 Å². The summed E-state index contributed by atoms with van der Waals surface area (Å²) in [5, 5.41) is 9.98. The normalized spacial score (nSPS) is 12.3. The van der Waals surface area contributed by atoms with Crippen LogP contribution >= 0.6 is 34.0 Å². The first-order chi connectivity index (χ1) is 22.8. The van der Waals surface area contributed by atoms with E-state index in [0.717, 1.165) is 32.5 Å². The van der Waals surface area contributed by atoms with Gasteiger partial charge >= 0.3 is 0 Å². The van der Waals surface area contributed by atoms with Gasteiger partial charge < -0.3 is 0 Å². The first-order valence-electron chi connectivity index (χ1n) is 15.2. The lowest BCUT2D eigenvalue weighted by atomic mass is 10.0. The average Bonchev–Trinajstić information content (AvgIpc) is 3.85. The number of hydrogen-bond acceptors (Lipinski definition) is 5. The molecule has 0 aliphatic rings. The van der Waals surface area contributed by atoms with E-state index >= 15 is 0 Å². The van der Waals surface area contributed by atoms with Gasteiger partial charge in [-0.2, -0.15) is 0 Å². The highest BCUT2D eigenvalue weighted by atomic mass is 32.1. The van der Waals surface area contributed by atoms with Crippen LogP contribution in [0.1, 0.15) is 0 Å². The zero-order valence-electron chi connectivity index (χ0n) is 24.2. The van der Waals surface area contributed by atoms with E-state index in [1.807, 2.05) is 22.7 Å². The van der Waals surface area contributed by atoms with E-state index in [9.17, 15) is 0 Å². The van der Waals surface area contributed by atoms with Gasteiger partial charge in [0.25, 0.3) is 0 Å². The molecular weight excluding hydrogens is 619 g/mol. The van der Waals surface area contributed by atoms with Gasteiger partial charge in [0.1, 0.15) is 4.83 Å². The quantitative estimate of drug-likeness (QED) is 0.188. The van der Waals surface area contributed by atoms with Gasteiger partial charge in [0.05, 0.1) is 16.7 Å². The molecule has 0 aliphatic heterocycles. The van der Waals surface area contributed by atoms with E-state index in [1.165, 1.54) is 61.2 Å². The summed E-state index contributed by atoms with van der Waals surface area (Å²) in [6, 6.07) is 46.1. The molecule has 0 N–H and O–H groups in total. The highest BCUT2D eigenvalue weighted by Gasteiger charge is 2.22. The summed E-state index contributed by atoms with van der Waals surface area (Å²) in [6.45, 7) is 0. The molecule has 5 aromatic heterocycles. The zero-order chi connectivity index (χ0) is 29.9. The fourth-order valence-corrected chi connectivity index (χ4v) is 10.6. The van der Waals surface area contributed by atoms with Crippen LogP contribution in [0.4, 0.5) is 0 Å². The fraction of sp³-hybridized carbons (Fsp3) is 0. The Kier molecular flexibility index (Phi) is 5.02. The maximum absolute atomic E-state index is 5.50. The lowest BCUT2D eigenvalue weighted by Crippen LogP contribution is -2.02. The largest absolute Gasteiger partial charge is 0.278 e. The molecule has 6 heteroatoms. The third-order valence-electron chi connectivity index (χ3n) is 9.25. The van der Waals surface area contributed by atoms with Crippen molar-refractivity contribution >= 4 is 116 Å². The smallest absolute Gasteiger partial charge is 0.236 e. The van der Waals surface area contributed by atoms with Gasteiger partial charge in [-0.05, 0) is 48.5 Å². The first-order valence-corrected chi connectivity index (χ1v) is 17.7. The predicted molar refractivity (Wildman–Crippen MR) is 200 cm³/mol. The minimum atomic E-state index is 0.703. The molecule has 0 unspecified atom stereocenters. The number of rotatable bonds is 2. The molecule has 11 rings (SSSR count). The Labute approximate surface area is 274 Å². The van der Waals surface area contributed by atoms with Crippen molar-refractivity contribution in [2.45, 2.75) is 0 Å². The SMILES string of the molecule is c1ccc2c(c1)sc1ccc(-c3nc(-n4c5ccccc5c5c6c(ccc54)sc4ccccc46)nc4sc5ccccc5c34)cc12. The van der Waals surface area contributed by atoms with Crippen LogP contribution in [0.3, 0.4) is 0 Å². The van der Waals surface area contributed by atoms with Gasteiger partial charge in [0.15, 0.2) is 0 Å². The molecule has 0 aliphatic carbocycles. The topological polar surface area (TPSA) is 30.7 Å². The molecule has 0 spiro atoms. The Hall–Kier alpha value is -5.14. The molecule has 0 atom stereocenters. The average molecular weight is 640 g/mol. The fourth-order valence-electron chi connectivity index (χ4n) is 7.28. The van der Waals surface area contributed by atoms with Gasteiger partial charge in [0, 0.05) is 72.2 Å². The molecule has 11 aromatic rings. The second kappa shape index (κ2) is 9.21. The zero-order valence-corrected chi connectivity index (χ0v) is 26.6. The molecule has 0 saturated heterocycles. The van der Waals surface area contributed by atoms with Gasteiger partial charge in [0.2, 0.25) is 5.95 Å². The molecular formula is C40H21N3S3. The Balaban J connectivity index is 1.28. The van der Waals surface area contributed by atoms with Crippen LogP contribution in [-0.4, -0.2) is 14.5 Å². The van der Waals surface area contributed by atoms with Crippen LogP contribution in [-0.2, 0) is 0 Å². The summed E-state index contributed by atoms with van der Waals surface area (Å²) in [7, 11) is 0. The Bertz CT molecular complexity index is 3050. The van der Waals surface area contributed by atoms with Gasteiger partial charge in [-0.15, -0.1) is 34.0 Å². The molecule has 5 heterocycles. The van der Waals surface area contributed by atoms with Gasteiger partial charge in [-0.3, -0.25) is 4.57 Å². The van der Waals surface area contributed by atoms with Gasteiger partial charge in [-0.25, -0.2) is 9.97 Å². The van der Waals surface area contributed by atoms with Crippen LogP contribution < -0.4 is 0 Å². The number of nitrogens with zero attached hydrogens (tertiary/aromatic N) is 3. The monoisotopic (exact) mass is 639 g/mol. The van der Waals surface area contributed by atoms with Crippen molar-refractivity contribution in [3.8, 4) is 17.2 Å². The minimum absolute atomic E-state index is 0.703. The summed E-state index contributed by atoms with van der Waals surface area (Å²) in [4.78, 5) is 11.9. The predicted octanol–water partition coefficient (Wildman–Crippen LogP) is 12.3. The van der Waals surface area contributed by atoms with Crippen LogP contribution in [0.2, 0.25) is 0 Å². The Morgan fingerprint density at radius 3 is 1.85 bits per heavy atom. The number of aromatic nitrogens is 3. The third kappa shape index (κ3) is 3.35. The number of para-hydroxylation sites is 1. The summed E-state index contributed by atoms with van der Waals surface area (Å²) in [5.74, 6) is 0.703. The van der Waals surface area contributed by atoms with E-state index in [1.54, 1.807) is 11.3 Å². The van der Waals surface area contributed by atoms with Gasteiger partial charge in [-0.1, -0.05) is 78.9 Å². The van der Waals surface area contributed by atoms with Crippen molar-refractivity contribution in [3.05, 3.63) is 127 Å². The van der Waals surface area contributed by atoms with Crippen molar-refractivity contribution in [2.75, 3.05) is 0 Å². The van der Waals surface area contributed by atoms with Crippen molar-refractivity contribution in [3.63, 3.8) is 0 Å². The molecule has 214 valence electrons. The molecule has 0 amide bonds. The second-order valence-corrected chi connectivity index (χ2v) is 14.9. The van der Waals surface area contributed by atoms with E-state index < -0.39 is 0 Å². The molecule has 0 fully saturated rings. The summed E-state index contributed by atoms with van der Waals surface area (Å²) >= 11 is 5.45. The highest BCUT2D eigenvalue weighted by Crippen LogP contribution is 2.45. The number of thiophene rings is 3. The van der Waals surface area contributed by atoms with Crippen molar-refractivity contribution in [1.29, 1.82) is 0 Å². The molecule has 0 bridgehead atoms. The lowest BCUT2D eigenvalue weighted by Gasteiger charge is -2.10. The molecule has 46 heavy (non-hydrogen) atoms. The van der Waals surface area contributed by atoms with E-state index in [2.05, 4.69) is 132 Å². The Morgan fingerprint density at radius 2 is 1.02 bits per heavy atom. The standard InChI is InChI=1S/C40H21N3S3/c1-5-13-28-24(10-1)35-29(18-20-34-36(35)25-11-3-7-15-31(25)45-34)43(28)40-41-38(37-26-12-4-8-16-32(26)46-39(37)42-40)22-17-19-33-27(21-22)23-9-2-6-14-30(23)44-33/h1-21H. The number of benzene rings is 6. The maximum atomic E-state index is 5.50. The number of fused-ring (bicyclic) bond motifs is 13. The summed E-state index contributed by atoms with van der Waals surface area (Å²) in [5.41, 5.74) is 4.33. The molecule has 0 saturated carbocycles. The first kappa shape index (κ1) is 25.1. The minimum Gasteiger partial charge on any atom is -0.278 e. The van der Waals surface area contributed by atoms with Crippen LogP contribution in [0.25, 0.3) is 99.7 Å².